The van der Waals surface area contributed by atoms with Gasteiger partial charge in [-0.2, -0.15) is 0 Å². The zero-order valence-electron chi connectivity index (χ0n) is 9.08. The molecule has 0 aliphatic rings. The predicted molar refractivity (Wildman–Crippen MR) is 61.3 cm³/mol. The first-order chi connectivity index (χ1) is 8.25. The number of rotatable bonds is 5. The van der Waals surface area contributed by atoms with Crippen LogP contribution >= 0.6 is 0 Å². The van der Waals surface area contributed by atoms with Crippen molar-refractivity contribution in [3.8, 4) is 0 Å². The Bertz CT molecular complexity index is 478. The van der Waals surface area contributed by atoms with Gasteiger partial charge < -0.3 is 11.1 Å². The van der Waals surface area contributed by atoms with Crippen molar-refractivity contribution in [1.29, 1.82) is 0 Å². The lowest BCUT2D eigenvalue weighted by Gasteiger charge is -2.05. The summed E-state index contributed by atoms with van der Waals surface area (Å²) >= 11 is 0. The SMILES string of the molecule is NC(=O)c1ccc(NCCn2ccnn2)nc1. The van der Waals surface area contributed by atoms with Crippen LogP contribution < -0.4 is 11.1 Å². The van der Waals surface area contributed by atoms with Gasteiger partial charge in [0.2, 0.25) is 5.91 Å². The third-order valence-electron chi connectivity index (χ3n) is 2.17. The van der Waals surface area contributed by atoms with Crippen molar-refractivity contribution in [1.82, 2.24) is 20.0 Å². The molecule has 0 radical (unpaired) electrons. The molecular weight excluding hydrogens is 220 g/mol. The van der Waals surface area contributed by atoms with E-state index in [2.05, 4.69) is 20.6 Å². The summed E-state index contributed by atoms with van der Waals surface area (Å²) in [5, 5.41) is 10.6. The summed E-state index contributed by atoms with van der Waals surface area (Å²) < 4.78 is 1.71. The van der Waals surface area contributed by atoms with E-state index in [4.69, 9.17) is 5.73 Å². The van der Waals surface area contributed by atoms with Crippen LogP contribution in [0.1, 0.15) is 10.4 Å². The fourth-order valence-corrected chi connectivity index (χ4v) is 1.29. The van der Waals surface area contributed by atoms with Crippen molar-refractivity contribution < 1.29 is 4.79 Å². The molecule has 7 heteroatoms. The number of nitrogens with zero attached hydrogens (tertiary/aromatic N) is 4. The van der Waals surface area contributed by atoms with Gasteiger partial charge in [0.15, 0.2) is 0 Å². The Kier molecular flexibility index (Phi) is 3.29. The molecule has 17 heavy (non-hydrogen) atoms. The molecule has 0 aromatic carbocycles. The van der Waals surface area contributed by atoms with Crippen LogP contribution in [-0.4, -0.2) is 32.4 Å². The Morgan fingerprint density at radius 1 is 1.47 bits per heavy atom. The summed E-state index contributed by atoms with van der Waals surface area (Å²) in [6.07, 6.45) is 4.85. The summed E-state index contributed by atoms with van der Waals surface area (Å²) in [4.78, 5) is 14.9. The van der Waals surface area contributed by atoms with Gasteiger partial charge in [0.1, 0.15) is 5.82 Å². The molecule has 2 aromatic rings. The van der Waals surface area contributed by atoms with E-state index in [0.29, 0.717) is 24.5 Å². The second-order valence-corrected chi connectivity index (χ2v) is 3.39. The molecule has 3 N–H and O–H groups in total. The first kappa shape index (κ1) is 11.1. The highest BCUT2D eigenvalue weighted by Crippen LogP contribution is 2.03. The quantitative estimate of drug-likeness (QED) is 0.749. The molecule has 0 saturated carbocycles. The highest BCUT2D eigenvalue weighted by molar-refractivity contribution is 5.92. The number of amides is 1. The van der Waals surface area contributed by atoms with Crippen molar-refractivity contribution in [3.05, 3.63) is 36.3 Å². The lowest BCUT2D eigenvalue weighted by Crippen LogP contribution is -2.13. The van der Waals surface area contributed by atoms with Crippen LogP contribution in [-0.2, 0) is 6.54 Å². The molecule has 0 fully saturated rings. The van der Waals surface area contributed by atoms with Crippen molar-refractivity contribution in [2.75, 3.05) is 11.9 Å². The van der Waals surface area contributed by atoms with Gasteiger partial charge in [0.25, 0.3) is 0 Å². The molecule has 0 unspecified atom stereocenters. The lowest BCUT2D eigenvalue weighted by molar-refractivity contribution is 0.1000. The minimum Gasteiger partial charge on any atom is -0.368 e. The van der Waals surface area contributed by atoms with Crippen LogP contribution in [0, 0.1) is 0 Å². The number of hydrogen-bond donors (Lipinski definition) is 2. The van der Waals surface area contributed by atoms with Gasteiger partial charge in [0, 0.05) is 18.9 Å². The average molecular weight is 232 g/mol. The largest absolute Gasteiger partial charge is 0.368 e. The van der Waals surface area contributed by atoms with Gasteiger partial charge in [-0.05, 0) is 12.1 Å². The number of primary amides is 1. The fraction of sp³-hybridized carbons (Fsp3) is 0.200. The zero-order valence-corrected chi connectivity index (χ0v) is 9.08. The summed E-state index contributed by atoms with van der Waals surface area (Å²) in [5.74, 6) is 0.210. The van der Waals surface area contributed by atoms with Crippen LogP contribution in [0.4, 0.5) is 5.82 Å². The number of carbonyl (C=O) groups is 1. The predicted octanol–water partition coefficient (Wildman–Crippen LogP) is -0.116. The molecule has 0 bridgehead atoms. The van der Waals surface area contributed by atoms with Gasteiger partial charge in [0.05, 0.1) is 18.3 Å². The molecule has 0 aliphatic carbocycles. The smallest absolute Gasteiger partial charge is 0.250 e. The zero-order chi connectivity index (χ0) is 12.1. The van der Waals surface area contributed by atoms with E-state index in [1.165, 1.54) is 6.20 Å². The van der Waals surface area contributed by atoms with Crippen LogP contribution in [0.15, 0.2) is 30.7 Å². The second-order valence-electron chi connectivity index (χ2n) is 3.39. The topological polar surface area (TPSA) is 98.7 Å². The first-order valence-electron chi connectivity index (χ1n) is 5.09. The molecule has 7 nitrogen and oxygen atoms in total. The Morgan fingerprint density at radius 3 is 2.94 bits per heavy atom. The molecule has 2 rings (SSSR count). The number of carbonyl (C=O) groups excluding carboxylic acids is 1. The summed E-state index contributed by atoms with van der Waals surface area (Å²) in [6, 6.07) is 3.34. The monoisotopic (exact) mass is 232 g/mol. The minimum absolute atomic E-state index is 0.395. The van der Waals surface area contributed by atoms with Crippen LogP contribution in [0.5, 0.6) is 0 Å². The first-order valence-corrected chi connectivity index (χ1v) is 5.09. The van der Waals surface area contributed by atoms with Gasteiger partial charge in [-0.15, -0.1) is 5.10 Å². The highest BCUT2D eigenvalue weighted by atomic mass is 16.1. The molecule has 88 valence electrons. The maximum atomic E-state index is 10.8. The Balaban J connectivity index is 1.85. The lowest BCUT2D eigenvalue weighted by atomic mass is 10.3. The molecule has 2 heterocycles. The number of nitrogens with one attached hydrogen (secondary N) is 1. The molecular formula is C10H12N6O. The van der Waals surface area contributed by atoms with Gasteiger partial charge in [-0.25, -0.2) is 4.98 Å². The third-order valence-corrected chi connectivity index (χ3v) is 2.17. The van der Waals surface area contributed by atoms with Crippen LogP contribution in [0.2, 0.25) is 0 Å². The second kappa shape index (κ2) is 5.06. The van der Waals surface area contributed by atoms with E-state index in [9.17, 15) is 4.79 Å². The maximum absolute atomic E-state index is 10.8. The van der Waals surface area contributed by atoms with E-state index >= 15 is 0 Å². The van der Waals surface area contributed by atoms with E-state index in [1.807, 2.05) is 0 Å². The number of nitrogens with two attached hydrogens (primary N) is 1. The van der Waals surface area contributed by atoms with Gasteiger partial charge in [-0.1, -0.05) is 5.21 Å². The van der Waals surface area contributed by atoms with Crippen molar-refractivity contribution in [2.45, 2.75) is 6.54 Å². The number of hydrogen-bond acceptors (Lipinski definition) is 5. The standard InChI is InChI=1S/C10H12N6O/c11-10(17)8-1-2-9(13-7-8)12-3-5-16-6-4-14-15-16/h1-2,4,6-7H,3,5H2,(H2,11,17)(H,12,13). The molecule has 0 aliphatic heterocycles. The molecule has 0 spiro atoms. The molecule has 0 atom stereocenters. The van der Waals surface area contributed by atoms with Crippen LogP contribution in [0.25, 0.3) is 0 Å². The average Bonchev–Trinajstić information content (AvgIpc) is 2.83. The number of anilines is 1. The summed E-state index contributed by atoms with van der Waals surface area (Å²) in [6.45, 7) is 1.37. The van der Waals surface area contributed by atoms with Crippen LogP contribution in [0.3, 0.4) is 0 Å². The van der Waals surface area contributed by atoms with E-state index in [-0.39, 0.29) is 0 Å². The minimum atomic E-state index is -0.480. The third kappa shape index (κ3) is 3.00. The number of pyridine rings is 1. The molecule has 0 saturated heterocycles. The van der Waals surface area contributed by atoms with E-state index in [1.54, 1.807) is 29.2 Å². The van der Waals surface area contributed by atoms with Gasteiger partial charge in [-0.3, -0.25) is 9.48 Å². The Labute approximate surface area is 97.6 Å². The normalized spacial score (nSPS) is 10.1. The highest BCUT2D eigenvalue weighted by Gasteiger charge is 2.00. The van der Waals surface area contributed by atoms with E-state index < -0.39 is 5.91 Å². The van der Waals surface area contributed by atoms with Crippen molar-refractivity contribution in [3.63, 3.8) is 0 Å². The van der Waals surface area contributed by atoms with Gasteiger partial charge >= 0.3 is 0 Å². The number of aromatic nitrogens is 4. The maximum Gasteiger partial charge on any atom is 0.250 e. The Hall–Kier alpha value is -2.44. The van der Waals surface area contributed by atoms with E-state index in [0.717, 1.165) is 0 Å². The molecule has 2 aromatic heterocycles. The summed E-state index contributed by atoms with van der Waals surface area (Å²) in [7, 11) is 0. The fourth-order valence-electron chi connectivity index (χ4n) is 1.29. The Morgan fingerprint density at radius 2 is 2.35 bits per heavy atom. The summed E-state index contributed by atoms with van der Waals surface area (Å²) in [5.41, 5.74) is 5.51. The van der Waals surface area contributed by atoms with Crippen molar-refractivity contribution >= 4 is 11.7 Å². The molecule has 1 amide bonds. The van der Waals surface area contributed by atoms with Crippen molar-refractivity contribution in [2.24, 2.45) is 5.73 Å².